The zero-order valence-electron chi connectivity index (χ0n) is 8.11. The van der Waals surface area contributed by atoms with Crippen LogP contribution in [0.25, 0.3) is 0 Å². The van der Waals surface area contributed by atoms with Gasteiger partial charge in [0.1, 0.15) is 5.82 Å². The lowest BCUT2D eigenvalue weighted by molar-refractivity contribution is -0.123. The molecule has 5 heteroatoms. The molecule has 0 saturated heterocycles. The molecule has 1 amide bonds. The Bertz CT molecular complexity index is 327. The molecule has 82 valence electrons. The molecule has 0 radical (unpaired) electrons. The van der Waals surface area contributed by atoms with Crippen LogP contribution < -0.4 is 11.3 Å². The first-order valence-electron chi connectivity index (χ1n) is 4.55. The summed E-state index contributed by atoms with van der Waals surface area (Å²) in [6, 6.07) is 5.54. The molecule has 0 saturated carbocycles. The Morgan fingerprint density at radius 2 is 2.07 bits per heavy atom. The Kier molecular flexibility index (Phi) is 4.20. The molecule has 1 aromatic carbocycles. The SMILES string of the molecule is NNC(=O)[C@H](CCO)c1ccc(F)cc1. The molecule has 1 rings (SSSR count). The second-order valence-electron chi connectivity index (χ2n) is 3.13. The first-order valence-corrected chi connectivity index (χ1v) is 4.55. The lowest BCUT2D eigenvalue weighted by Gasteiger charge is -2.14. The molecule has 1 aromatic rings. The number of hydrogen-bond donors (Lipinski definition) is 3. The first kappa shape index (κ1) is 11.6. The van der Waals surface area contributed by atoms with Gasteiger partial charge in [0.05, 0.1) is 5.92 Å². The third-order valence-electron chi connectivity index (χ3n) is 2.15. The van der Waals surface area contributed by atoms with Crippen LogP contribution in [-0.4, -0.2) is 17.6 Å². The zero-order chi connectivity index (χ0) is 11.3. The molecule has 0 bridgehead atoms. The van der Waals surface area contributed by atoms with Gasteiger partial charge in [0.25, 0.3) is 0 Å². The number of aliphatic hydroxyl groups is 1. The van der Waals surface area contributed by atoms with E-state index in [0.717, 1.165) is 0 Å². The molecule has 1 atom stereocenters. The average Bonchev–Trinajstić information content (AvgIpc) is 2.26. The van der Waals surface area contributed by atoms with Crippen molar-refractivity contribution in [3.8, 4) is 0 Å². The molecular formula is C10H13FN2O2. The number of amides is 1. The molecule has 4 N–H and O–H groups in total. The second kappa shape index (κ2) is 5.43. The lowest BCUT2D eigenvalue weighted by Crippen LogP contribution is -2.35. The smallest absolute Gasteiger partial charge is 0.241 e. The maximum absolute atomic E-state index is 12.6. The highest BCUT2D eigenvalue weighted by Crippen LogP contribution is 2.19. The fraction of sp³-hybridized carbons (Fsp3) is 0.300. The largest absolute Gasteiger partial charge is 0.396 e. The van der Waals surface area contributed by atoms with Crippen molar-refractivity contribution in [2.24, 2.45) is 5.84 Å². The van der Waals surface area contributed by atoms with Crippen LogP contribution in [0.15, 0.2) is 24.3 Å². The molecule has 0 aromatic heterocycles. The number of hydrogen-bond acceptors (Lipinski definition) is 3. The highest BCUT2D eigenvalue weighted by Gasteiger charge is 2.18. The number of hydrazine groups is 1. The molecule has 0 aliphatic rings. The molecule has 4 nitrogen and oxygen atoms in total. The number of rotatable bonds is 4. The van der Waals surface area contributed by atoms with E-state index < -0.39 is 11.8 Å². The Hall–Kier alpha value is -1.46. The summed E-state index contributed by atoms with van der Waals surface area (Å²) in [4.78, 5) is 11.3. The van der Waals surface area contributed by atoms with Crippen molar-refractivity contribution in [3.05, 3.63) is 35.6 Å². The predicted octanol–water partition coefficient (Wildman–Crippen LogP) is 0.282. The van der Waals surface area contributed by atoms with Gasteiger partial charge in [-0.2, -0.15) is 0 Å². The van der Waals surface area contributed by atoms with Gasteiger partial charge in [0.15, 0.2) is 0 Å². The van der Waals surface area contributed by atoms with Crippen molar-refractivity contribution < 1.29 is 14.3 Å². The van der Waals surface area contributed by atoms with Gasteiger partial charge in [-0.1, -0.05) is 12.1 Å². The number of carbonyl (C=O) groups excluding carboxylic acids is 1. The van der Waals surface area contributed by atoms with Crippen LogP contribution in [0.5, 0.6) is 0 Å². The van der Waals surface area contributed by atoms with Gasteiger partial charge < -0.3 is 5.11 Å². The van der Waals surface area contributed by atoms with Crippen LogP contribution in [0.2, 0.25) is 0 Å². The number of carbonyl (C=O) groups is 1. The molecule has 0 fully saturated rings. The number of nitrogens with two attached hydrogens (primary N) is 1. The number of halogens is 1. The van der Waals surface area contributed by atoms with Crippen molar-refractivity contribution in [1.29, 1.82) is 0 Å². The minimum atomic E-state index is -0.541. The topological polar surface area (TPSA) is 75.3 Å². The monoisotopic (exact) mass is 212 g/mol. The van der Waals surface area contributed by atoms with Gasteiger partial charge in [-0.25, -0.2) is 10.2 Å². The summed E-state index contributed by atoms with van der Waals surface area (Å²) in [5, 5.41) is 8.80. The van der Waals surface area contributed by atoms with Crippen LogP contribution in [0.3, 0.4) is 0 Å². The molecule has 0 spiro atoms. The zero-order valence-corrected chi connectivity index (χ0v) is 8.11. The number of benzene rings is 1. The van der Waals surface area contributed by atoms with Gasteiger partial charge in [-0.15, -0.1) is 0 Å². The standard InChI is InChI=1S/C10H13FN2O2/c11-8-3-1-7(2-4-8)9(5-6-14)10(15)13-12/h1-4,9,14H,5-6,12H2,(H,13,15)/t9-/m1/s1. The number of aliphatic hydroxyl groups excluding tert-OH is 1. The van der Waals surface area contributed by atoms with E-state index in [2.05, 4.69) is 0 Å². The Balaban J connectivity index is 2.88. The quantitative estimate of drug-likeness (QED) is 0.381. The first-order chi connectivity index (χ1) is 7.19. The predicted molar refractivity (Wildman–Crippen MR) is 53.2 cm³/mol. The third kappa shape index (κ3) is 3.00. The van der Waals surface area contributed by atoms with Crippen LogP contribution >= 0.6 is 0 Å². The van der Waals surface area contributed by atoms with Gasteiger partial charge in [-0.3, -0.25) is 10.2 Å². The number of nitrogens with one attached hydrogen (secondary N) is 1. The van der Waals surface area contributed by atoms with Gasteiger partial charge in [0, 0.05) is 6.61 Å². The highest BCUT2D eigenvalue weighted by molar-refractivity contribution is 5.83. The summed E-state index contributed by atoms with van der Waals surface area (Å²) in [5.74, 6) is 3.72. The van der Waals surface area contributed by atoms with Crippen molar-refractivity contribution >= 4 is 5.91 Å². The summed E-state index contributed by atoms with van der Waals surface area (Å²) >= 11 is 0. The van der Waals surface area contributed by atoms with E-state index in [-0.39, 0.29) is 18.8 Å². The average molecular weight is 212 g/mol. The van der Waals surface area contributed by atoms with Gasteiger partial charge in [0.2, 0.25) is 5.91 Å². The molecule has 0 unspecified atom stereocenters. The van der Waals surface area contributed by atoms with E-state index in [1.165, 1.54) is 24.3 Å². The second-order valence-corrected chi connectivity index (χ2v) is 3.13. The lowest BCUT2D eigenvalue weighted by atomic mass is 9.95. The fourth-order valence-corrected chi connectivity index (χ4v) is 1.37. The maximum atomic E-state index is 12.6. The van der Waals surface area contributed by atoms with E-state index in [4.69, 9.17) is 10.9 Å². The van der Waals surface area contributed by atoms with E-state index in [0.29, 0.717) is 5.56 Å². The minimum absolute atomic E-state index is 0.130. The summed E-state index contributed by atoms with van der Waals surface area (Å²) < 4.78 is 12.6. The molecule has 0 aliphatic carbocycles. The maximum Gasteiger partial charge on any atom is 0.241 e. The normalized spacial score (nSPS) is 12.2. The molecule has 0 heterocycles. The van der Waals surface area contributed by atoms with E-state index in [1.54, 1.807) is 0 Å². The van der Waals surface area contributed by atoms with Crippen LogP contribution in [-0.2, 0) is 4.79 Å². The minimum Gasteiger partial charge on any atom is -0.396 e. The van der Waals surface area contributed by atoms with Crippen molar-refractivity contribution in [3.63, 3.8) is 0 Å². The molecule has 0 aliphatic heterocycles. The van der Waals surface area contributed by atoms with Gasteiger partial charge >= 0.3 is 0 Å². The van der Waals surface area contributed by atoms with Crippen molar-refractivity contribution in [2.75, 3.05) is 6.61 Å². The van der Waals surface area contributed by atoms with Crippen LogP contribution in [0.4, 0.5) is 4.39 Å². The van der Waals surface area contributed by atoms with Gasteiger partial charge in [-0.05, 0) is 24.1 Å². The Labute approximate surface area is 86.9 Å². The summed E-state index contributed by atoms with van der Waals surface area (Å²) in [6.07, 6.45) is 0.259. The van der Waals surface area contributed by atoms with E-state index in [9.17, 15) is 9.18 Å². The Morgan fingerprint density at radius 3 is 2.53 bits per heavy atom. The summed E-state index contributed by atoms with van der Waals surface area (Å²) in [7, 11) is 0. The van der Waals surface area contributed by atoms with E-state index >= 15 is 0 Å². The van der Waals surface area contributed by atoms with Crippen LogP contribution in [0, 0.1) is 5.82 Å². The summed E-state index contributed by atoms with van der Waals surface area (Å²) in [6.45, 7) is -0.130. The fourth-order valence-electron chi connectivity index (χ4n) is 1.37. The summed E-state index contributed by atoms with van der Waals surface area (Å²) in [5.41, 5.74) is 2.65. The van der Waals surface area contributed by atoms with E-state index in [1.807, 2.05) is 5.43 Å². The van der Waals surface area contributed by atoms with Crippen molar-refractivity contribution in [2.45, 2.75) is 12.3 Å². The third-order valence-corrected chi connectivity index (χ3v) is 2.15. The van der Waals surface area contributed by atoms with Crippen molar-refractivity contribution in [1.82, 2.24) is 5.43 Å². The molecule has 15 heavy (non-hydrogen) atoms. The van der Waals surface area contributed by atoms with Crippen LogP contribution in [0.1, 0.15) is 17.9 Å². The Morgan fingerprint density at radius 1 is 1.47 bits per heavy atom. The highest BCUT2D eigenvalue weighted by atomic mass is 19.1. The molecular weight excluding hydrogens is 199 g/mol.